The molecule has 0 radical (unpaired) electrons. The first-order chi connectivity index (χ1) is 10.5. The van der Waals surface area contributed by atoms with Gasteiger partial charge in [-0.1, -0.05) is 11.6 Å². The minimum absolute atomic E-state index is 0.0242. The quantitative estimate of drug-likeness (QED) is 0.641. The number of amides is 1. The molecular weight excluding hydrogens is 413 g/mol. The molecule has 112 valence electrons. The third-order valence-electron chi connectivity index (χ3n) is 3.51. The van der Waals surface area contributed by atoms with Crippen LogP contribution in [0.15, 0.2) is 41.4 Å². The molecule has 6 heteroatoms. The van der Waals surface area contributed by atoms with E-state index in [1.54, 1.807) is 31.3 Å². The van der Waals surface area contributed by atoms with Gasteiger partial charge in [-0.25, -0.2) is 4.39 Å². The standard InChI is InChI=1S/C16H11ClFIN2O/c1-21-14-5-2-9(17)6-12(14)16(20-8-15(21)22)11-4-3-10(19)7-13(11)18/h2-7H,8H2,1H3/i18-1,19-4. The number of hydrogen-bond acceptors (Lipinski definition) is 2. The highest BCUT2D eigenvalue weighted by atomic mass is 123. The Kier molecular flexibility index (Phi) is 4.18. The number of nitrogens with zero attached hydrogens (tertiary/aromatic N) is 2. The molecule has 2 aromatic carbocycles. The Morgan fingerprint density at radius 3 is 2.73 bits per heavy atom. The van der Waals surface area contributed by atoms with Gasteiger partial charge in [-0.05, 0) is 59.0 Å². The molecule has 0 bridgehead atoms. The predicted octanol–water partition coefficient (Wildman–Crippen LogP) is 3.90. The summed E-state index contributed by atoms with van der Waals surface area (Å²) >= 11 is 8.13. The summed E-state index contributed by atoms with van der Waals surface area (Å²) < 4.78 is 15.1. The van der Waals surface area contributed by atoms with E-state index < -0.39 is 0 Å². The van der Waals surface area contributed by atoms with Crippen molar-refractivity contribution >= 4 is 51.5 Å². The number of fused-ring (bicyclic) bond motifs is 1. The van der Waals surface area contributed by atoms with Gasteiger partial charge in [0.25, 0.3) is 0 Å². The van der Waals surface area contributed by atoms with Crippen molar-refractivity contribution in [1.82, 2.24) is 0 Å². The van der Waals surface area contributed by atoms with Crippen molar-refractivity contribution in [2.75, 3.05) is 18.5 Å². The molecule has 0 fully saturated rings. The number of anilines is 1. The summed E-state index contributed by atoms with van der Waals surface area (Å²) in [7, 11) is 1.68. The summed E-state index contributed by atoms with van der Waals surface area (Å²) in [4.78, 5) is 17.9. The van der Waals surface area contributed by atoms with Gasteiger partial charge >= 0.3 is 0 Å². The van der Waals surface area contributed by atoms with E-state index in [9.17, 15) is 9.18 Å². The van der Waals surface area contributed by atoms with Gasteiger partial charge in [-0.15, -0.1) is 0 Å². The Labute approximate surface area is 145 Å². The van der Waals surface area contributed by atoms with Crippen LogP contribution < -0.4 is 4.90 Å². The fourth-order valence-corrected chi connectivity index (χ4v) is 3.00. The highest BCUT2D eigenvalue weighted by Gasteiger charge is 2.24. The first-order valence-electron chi connectivity index (χ1n) is 6.53. The molecule has 1 aliphatic rings. The zero-order valence-corrected chi connectivity index (χ0v) is 14.5. The Balaban J connectivity index is 2.25. The number of rotatable bonds is 1. The predicted molar refractivity (Wildman–Crippen MR) is 94.5 cm³/mol. The van der Waals surface area contributed by atoms with Gasteiger partial charge in [-0.2, -0.15) is 0 Å². The Hall–Kier alpha value is -1.47. The van der Waals surface area contributed by atoms with E-state index in [2.05, 4.69) is 4.99 Å². The molecule has 0 saturated carbocycles. The lowest BCUT2D eigenvalue weighted by Gasteiger charge is -2.18. The fourth-order valence-electron chi connectivity index (χ4n) is 2.37. The van der Waals surface area contributed by atoms with Crippen LogP contribution in [0, 0.1) is 9.39 Å². The maximum Gasteiger partial charge on any atom is 0.248 e. The largest absolute Gasteiger partial charge is 0.313 e. The summed E-state index contributed by atoms with van der Waals surface area (Å²) in [5.41, 5.74) is 2.14. The van der Waals surface area contributed by atoms with Crippen molar-refractivity contribution in [2.45, 2.75) is 0 Å². The number of hydrogen-bond donors (Lipinski definition) is 0. The van der Waals surface area contributed by atoms with Crippen LogP contribution in [0.4, 0.5) is 10.1 Å². The van der Waals surface area contributed by atoms with Crippen LogP contribution in [-0.2, 0) is 4.79 Å². The first kappa shape index (κ1) is 15.4. The fraction of sp³-hybridized carbons (Fsp3) is 0.125. The zero-order chi connectivity index (χ0) is 15.9. The number of aliphatic imine (C=N–C) groups is 1. The van der Waals surface area contributed by atoms with E-state index >= 15 is 0 Å². The molecule has 0 saturated heterocycles. The van der Waals surface area contributed by atoms with Crippen LogP contribution in [0.3, 0.4) is 0 Å². The number of benzene rings is 2. The summed E-state index contributed by atoms with van der Waals surface area (Å²) in [6, 6.07) is 10.1. The molecule has 3 nitrogen and oxygen atoms in total. The van der Waals surface area contributed by atoms with Gasteiger partial charge in [-0.3, -0.25) is 9.79 Å². The molecule has 1 amide bonds. The SMILES string of the molecule is CN1C(=O)CN=C(c2ccc([123I])cc2[18F])c2cc(Cl)ccc21. The van der Waals surface area contributed by atoms with E-state index in [-0.39, 0.29) is 18.3 Å². The average Bonchev–Trinajstić information content (AvgIpc) is 2.58. The minimum atomic E-state index is -0.367. The summed E-state index contributed by atoms with van der Waals surface area (Å²) in [5.74, 6) is -0.516. The molecule has 0 aromatic heterocycles. The van der Waals surface area contributed by atoms with Crippen LogP contribution in [0.25, 0.3) is 0 Å². The maximum atomic E-state index is 14.3. The van der Waals surface area contributed by atoms with Crippen LogP contribution in [-0.4, -0.2) is 25.2 Å². The van der Waals surface area contributed by atoms with E-state index in [0.29, 0.717) is 27.5 Å². The molecule has 0 spiro atoms. The monoisotopic (exact) mass is 423 g/mol. The molecule has 1 heterocycles. The average molecular weight is 424 g/mol. The van der Waals surface area contributed by atoms with Gasteiger partial charge in [0.15, 0.2) is 0 Å². The topological polar surface area (TPSA) is 32.7 Å². The van der Waals surface area contributed by atoms with Gasteiger partial charge < -0.3 is 4.90 Å². The minimum Gasteiger partial charge on any atom is -0.313 e. The second-order valence-corrected chi connectivity index (χ2v) is 6.59. The number of halogens is 3. The lowest BCUT2D eigenvalue weighted by Crippen LogP contribution is -2.27. The normalized spacial score (nSPS) is 14.5. The Morgan fingerprint density at radius 2 is 2.00 bits per heavy atom. The Morgan fingerprint density at radius 1 is 1.23 bits per heavy atom. The highest BCUT2D eigenvalue weighted by molar-refractivity contribution is 14.1. The smallest absolute Gasteiger partial charge is 0.248 e. The molecule has 1 aliphatic heterocycles. The first-order valence-corrected chi connectivity index (χ1v) is 7.99. The van der Waals surface area contributed by atoms with E-state index in [0.717, 1.165) is 3.57 Å². The molecule has 0 N–H and O–H groups in total. The van der Waals surface area contributed by atoms with E-state index in [4.69, 9.17) is 11.6 Å². The van der Waals surface area contributed by atoms with Crippen molar-refractivity contribution in [1.29, 1.82) is 0 Å². The van der Waals surface area contributed by atoms with Crippen LogP contribution in [0.2, 0.25) is 5.02 Å². The molecule has 0 atom stereocenters. The van der Waals surface area contributed by atoms with Crippen LogP contribution in [0.1, 0.15) is 11.1 Å². The lowest BCUT2D eigenvalue weighted by molar-refractivity contribution is -0.116. The number of carbonyl (C=O) groups excluding carboxylic acids is 1. The Bertz CT molecular complexity index is 807. The van der Waals surface area contributed by atoms with Crippen molar-refractivity contribution < 1.29 is 9.18 Å². The molecule has 0 aliphatic carbocycles. The van der Waals surface area contributed by atoms with E-state index in [1.807, 2.05) is 28.7 Å². The van der Waals surface area contributed by atoms with Crippen LogP contribution >= 0.6 is 34.2 Å². The maximum absolute atomic E-state index is 14.3. The second-order valence-electron chi connectivity index (χ2n) is 4.90. The van der Waals surface area contributed by atoms with E-state index in [1.165, 1.54) is 11.0 Å². The summed E-state index contributed by atoms with van der Waals surface area (Å²) in [5, 5.41) is 0.514. The third-order valence-corrected chi connectivity index (χ3v) is 4.41. The number of likely N-dealkylation sites (N-methyl/N-ethyl adjacent to an activating group) is 1. The van der Waals surface area contributed by atoms with Crippen LogP contribution in [0.5, 0.6) is 0 Å². The zero-order valence-electron chi connectivity index (χ0n) is 11.6. The van der Waals surface area contributed by atoms with Crippen molar-refractivity contribution in [3.63, 3.8) is 0 Å². The van der Waals surface area contributed by atoms with Crippen molar-refractivity contribution in [2.24, 2.45) is 4.99 Å². The van der Waals surface area contributed by atoms with Gasteiger partial charge in [0.1, 0.15) is 12.4 Å². The molecule has 2 aromatic rings. The number of benzodiazepines with no additional fused rings is 1. The molecule has 22 heavy (non-hydrogen) atoms. The molecule has 3 rings (SSSR count). The summed E-state index contributed by atoms with van der Waals surface area (Å²) in [6.45, 7) is -0.0242. The van der Waals surface area contributed by atoms with Gasteiger partial charge in [0, 0.05) is 26.8 Å². The lowest BCUT2D eigenvalue weighted by atomic mass is 10.00. The third kappa shape index (κ3) is 2.75. The summed E-state index contributed by atoms with van der Waals surface area (Å²) in [6.07, 6.45) is 0. The number of carbonyl (C=O) groups is 1. The second kappa shape index (κ2) is 5.96. The van der Waals surface area contributed by atoms with Crippen molar-refractivity contribution in [3.05, 3.63) is 61.9 Å². The van der Waals surface area contributed by atoms with Gasteiger partial charge in [0.05, 0.1) is 11.4 Å². The van der Waals surface area contributed by atoms with Crippen molar-refractivity contribution in [3.8, 4) is 0 Å². The van der Waals surface area contributed by atoms with Gasteiger partial charge in [0.2, 0.25) is 5.91 Å². The molecular formula is C16H11ClFIN2O. The molecule has 0 unspecified atom stereocenters. The highest BCUT2D eigenvalue weighted by Crippen LogP contribution is 2.29.